The third-order valence-electron chi connectivity index (χ3n) is 2.71. The van der Waals surface area contributed by atoms with E-state index in [1.807, 2.05) is 18.2 Å². The SMILES string of the molecule is Nc1cc(Cl)ccc1CN1CCNCC1. The molecule has 4 heteroatoms. The highest BCUT2D eigenvalue weighted by Gasteiger charge is 2.11. The van der Waals surface area contributed by atoms with E-state index in [0.29, 0.717) is 5.02 Å². The molecule has 0 aromatic heterocycles. The van der Waals surface area contributed by atoms with Gasteiger partial charge < -0.3 is 11.1 Å². The van der Waals surface area contributed by atoms with Crippen LogP contribution in [0.3, 0.4) is 0 Å². The van der Waals surface area contributed by atoms with Crippen molar-refractivity contribution in [2.45, 2.75) is 6.54 Å². The molecule has 0 radical (unpaired) electrons. The number of hydrogen-bond acceptors (Lipinski definition) is 3. The van der Waals surface area contributed by atoms with Gasteiger partial charge in [0.25, 0.3) is 0 Å². The van der Waals surface area contributed by atoms with E-state index in [4.69, 9.17) is 17.3 Å². The van der Waals surface area contributed by atoms with E-state index >= 15 is 0 Å². The molecule has 15 heavy (non-hydrogen) atoms. The molecule has 1 fully saturated rings. The van der Waals surface area contributed by atoms with Gasteiger partial charge in [0.1, 0.15) is 0 Å². The third kappa shape index (κ3) is 2.84. The standard InChI is InChI=1S/C11H16ClN3/c12-10-2-1-9(11(13)7-10)8-15-5-3-14-4-6-15/h1-2,7,14H,3-6,8,13H2. The van der Waals surface area contributed by atoms with E-state index in [-0.39, 0.29) is 0 Å². The molecule has 0 spiro atoms. The summed E-state index contributed by atoms with van der Waals surface area (Å²) in [6.07, 6.45) is 0. The Morgan fingerprint density at radius 2 is 2.07 bits per heavy atom. The van der Waals surface area contributed by atoms with Gasteiger partial charge in [0.05, 0.1) is 0 Å². The second kappa shape index (κ2) is 4.84. The third-order valence-corrected chi connectivity index (χ3v) is 2.95. The molecular formula is C11H16ClN3. The molecule has 0 unspecified atom stereocenters. The van der Waals surface area contributed by atoms with E-state index < -0.39 is 0 Å². The van der Waals surface area contributed by atoms with E-state index in [2.05, 4.69) is 10.2 Å². The Hall–Kier alpha value is -0.770. The Kier molecular flexibility index (Phi) is 3.46. The molecule has 1 aliphatic heterocycles. The Labute approximate surface area is 95.2 Å². The zero-order chi connectivity index (χ0) is 10.7. The zero-order valence-corrected chi connectivity index (χ0v) is 9.43. The molecule has 1 aromatic rings. The van der Waals surface area contributed by atoms with Gasteiger partial charge in [-0.25, -0.2) is 0 Å². The summed E-state index contributed by atoms with van der Waals surface area (Å²) in [5.41, 5.74) is 7.87. The first-order valence-corrected chi connectivity index (χ1v) is 5.60. The molecule has 0 bridgehead atoms. The highest BCUT2D eigenvalue weighted by molar-refractivity contribution is 6.30. The Balaban J connectivity index is 2.03. The van der Waals surface area contributed by atoms with Crippen molar-refractivity contribution in [1.29, 1.82) is 0 Å². The average molecular weight is 226 g/mol. The summed E-state index contributed by atoms with van der Waals surface area (Å²) in [6.45, 7) is 5.22. The summed E-state index contributed by atoms with van der Waals surface area (Å²) < 4.78 is 0. The summed E-state index contributed by atoms with van der Waals surface area (Å²) in [4.78, 5) is 2.40. The average Bonchev–Trinajstić information content (AvgIpc) is 2.24. The van der Waals surface area contributed by atoms with E-state index in [0.717, 1.165) is 38.4 Å². The molecular weight excluding hydrogens is 210 g/mol. The van der Waals surface area contributed by atoms with Crippen LogP contribution in [0.25, 0.3) is 0 Å². The van der Waals surface area contributed by atoms with Crippen molar-refractivity contribution in [3.63, 3.8) is 0 Å². The fourth-order valence-electron chi connectivity index (χ4n) is 1.82. The number of nitrogen functional groups attached to an aromatic ring is 1. The second-order valence-corrected chi connectivity index (χ2v) is 4.31. The van der Waals surface area contributed by atoms with Crippen LogP contribution < -0.4 is 11.1 Å². The first kappa shape index (κ1) is 10.7. The summed E-state index contributed by atoms with van der Waals surface area (Å²) in [7, 11) is 0. The highest BCUT2D eigenvalue weighted by Crippen LogP contribution is 2.19. The maximum absolute atomic E-state index is 5.91. The molecule has 2 rings (SSSR count). The van der Waals surface area contributed by atoms with Gasteiger partial charge in [-0.15, -0.1) is 0 Å². The van der Waals surface area contributed by atoms with Gasteiger partial charge in [-0.1, -0.05) is 17.7 Å². The van der Waals surface area contributed by atoms with Crippen LogP contribution in [0.4, 0.5) is 5.69 Å². The molecule has 1 aromatic carbocycles. The fraction of sp³-hybridized carbons (Fsp3) is 0.455. The van der Waals surface area contributed by atoms with Crippen molar-refractivity contribution in [3.8, 4) is 0 Å². The van der Waals surface area contributed by atoms with Crippen LogP contribution in [0, 0.1) is 0 Å². The molecule has 1 aliphatic rings. The van der Waals surface area contributed by atoms with Crippen molar-refractivity contribution in [1.82, 2.24) is 10.2 Å². The monoisotopic (exact) mass is 225 g/mol. The van der Waals surface area contributed by atoms with Crippen LogP contribution in [0.5, 0.6) is 0 Å². The molecule has 0 saturated carbocycles. The number of rotatable bonds is 2. The molecule has 3 nitrogen and oxygen atoms in total. The van der Waals surface area contributed by atoms with Crippen LogP contribution in [0.1, 0.15) is 5.56 Å². The minimum atomic E-state index is 0.705. The lowest BCUT2D eigenvalue weighted by Crippen LogP contribution is -2.42. The molecule has 0 atom stereocenters. The first-order valence-electron chi connectivity index (χ1n) is 5.23. The predicted molar refractivity (Wildman–Crippen MR) is 64.0 cm³/mol. The largest absolute Gasteiger partial charge is 0.398 e. The number of anilines is 1. The molecule has 0 aliphatic carbocycles. The van der Waals surface area contributed by atoms with Crippen molar-refractivity contribution in [2.75, 3.05) is 31.9 Å². The summed E-state index contributed by atoms with van der Waals surface area (Å²) in [5, 5.41) is 4.04. The number of nitrogens with zero attached hydrogens (tertiary/aromatic N) is 1. The van der Waals surface area contributed by atoms with Gasteiger partial charge in [0, 0.05) is 43.4 Å². The Bertz CT molecular complexity index is 335. The maximum Gasteiger partial charge on any atom is 0.0426 e. The van der Waals surface area contributed by atoms with Gasteiger partial charge in [-0.05, 0) is 17.7 Å². The van der Waals surface area contributed by atoms with Crippen molar-refractivity contribution in [3.05, 3.63) is 28.8 Å². The van der Waals surface area contributed by atoms with Gasteiger partial charge in [0.15, 0.2) is 0 Å². The molecule has 1 saturated heterocycles. The number of halogens is 1. The second-order valence-electron chi connectivity index (χ2n) is 3.87. The first-order chi connectivity index (χ1) is 7.25. The number of hydrogen-bond donors (Lipinski definition) is 2. The van der Waals surface area contributed by atoms with Gasteiger partial charge >= 0.3 is 0 Å². The zero-order valence-electron chi connectivity index (χ0n) is 8.67. The number of piperazine rings is 1. The Morgan fingerprint density at radius 3 is 2.73 bits per heavy atom. The minimum absolute atomic E-state index is 0.705. The molecule has 1 heterocycles. The van der Waals surface area contributed by atoms with Crippen LogP contribution >= 0.6 is 11.6 Å². The summed E-state index contributed by atoms with van der Waals surface area (Å²) >= 11 is 5.86. The van der Waals surface area contributed by atoms with Gasteiger partial charge in [-0.2, -0.15) is 0 Å². The maximum atomic E-state index is 5.91. The van der Waals surface area contributed by atoms with Crippen LogP contribution in [0.2, 0.25) is 5.02 Å². The van der Waals surface area contributed by atoms with E-state index in [1.165, 1.54) is 5.56 Å². The van der Waals surface area contributed by atoms with Crippen LogP contribution in [-0.4, -0.2) is 31.1 Å². The molecule has 3 N–H and O–H groups in total. The summed E-state index contributed by atoms with van der Waals surface area (Å²) in [6, 6.07) is 5.73. The predicted octanol–water partition coefficient (Wildman–Crippen LogP) is 1.33. The Morgan fingerprint density at radius 1 is 1.33 bits per heavy atom. The lowest BCUT2D eigenvalue weighted by Gasteiger charge is -2.27. The minimum Gasteiger partial charge on any atom is -0.398 e. The van der Waals surface area contributed by atoms with Crippen molar-refractivity contribution < 1.29 is 0 Å². The van der Waals surface area contributed by atoms with Crippen LogP contribution in [-0.2, 0) is 6.54 Å². The lowest BCUT2D eigenvalue weighted by molar-refractivity contribution is 0.233. The highest BCUT2D eigenvalue weighted by atomic mass is 35.5. The van der Waals surface area contributed by atoms with E-state index in [9.17, 15) is 0 Å². The number of nitrogens with two attached hydrogens (primary N) is 1. The van der Waals surface area contributed by atoms with Crippen LogP contribution in [0.15, 0.2) is 18.2 Å². The quantitative estimate of drug-likeness (QED) is 0.747. The fourth-order valence-corrected chi connectivity index (χ4v) is 2.00. The topological polar surface area (TPSA) is 41.3 Å². The normalized spacial score (nSPS) is 17.9. The summed E-state index contributed by atoms with van der Waals surface area (Å²) in [5.74, 6) is 0. The van der Waals surface area contributed by atoms with Crippen molar-refractivity contribution >= 4 is 17.3 Å². The number of nitrogens with one attached hydrogen (secondary N) is 1. The van der Waals surface area contributed by atoms with Gasteiger partial charge in [-0.3, -0.25) is 4.90 Å². The van der Waals surface area contributed by atoms with Crippen molar-refractivity contribution in [2.24, 2.45) is 0 Å². The smallest absolute Gasteiger partial charge is 0.0426 e. The molecule has 0 amide bonds. The van der Waals surface area contributed by atoms with Gasteiger partial charge in [0.2, 0.25) is 0 Å². The lowest BCUT2D eigenvalue weighted by atomic mass is 10.1. The van der Waals surface area contributed by atoms with E-state index in [1.54, 1.807) is 0 Å². The number of benzene rings is 1. The molecule has 82 valence electrons.